The van der Waals surface area contributed by atoms with Gasteiger partial charge in [-0.2, -0.15) is 5.10 Å². The van der Waals surface area contributed by atoms with Gasteiger partial charge in [-0.25, -0.2) is 4.79 Å². The van der Waals surface area contributed by atoms with Crippen LogP contribution in [0.15, 0.2) is 0 Å². The molecular weight excluding hydrogens is 240 g/mol. The van der Waals surface area contributed by atoms with E-state index in [1.807, 2.05) is 34.6 Å². The molecule has 0 amide bonds. The van der Waals surface area contributed by atoms with E-state index >= 15 is 0 Å². The zero-order chi connectivity index (χ0) is 13.4. The highest BCUT2D eigenvalue weighted by Gasteiger charge is 2.30. The highest BCUT2D eigenvalue weighted by Crippen LogP contribution is 2.32. The molecule has 0 aliphatic heterocycles. The molecule has 1 heterocycles. The minimum atomic E-state index is -1.02. The lowest BCUT2D eigenvalue weighted by molar-refractivity contribution is 0.0694. The van der Waals surface area contributed by atoms with Crippen molar-refractivity contribution >= 4 is 17.6 Å². The van der Waals surface area contributed by atoms with Crippen molar-refractivity contribution in [1.29, 1.82) is 0 Å². The van der Waals surface area contributed by atoms with E-state index in [4.69, 9.17) is 11.6 Å². The van der Waals surface area contributed by atoms with Crippen molar-refractivity contribution in [3.05, 3.63) is 16.4 Å². The van der Waals surface area contributed by atoms with Crippen molar-refractivity contribution in [2.75, 3.05) is 0 Å². The summed E-state index contributed by atoms with van der Waals surface area (Å²) < 4.78 is 1.60. The summed E-state index contributed by atoms with van der Waals surface area (Å²) >= 11 is 6.12. The number of aromatic carboxylic acids is 1. The zero-order valence-corrected chi connectivity index (χ0v) is 11.7. The first-order valence-corrected chi connectivity index (χ1v) is 6.09. The van der Waals surface area contributed by atoms with Crippen LogP contribution in [0.25, 0.3) is 0 Å². The highest BCUT2D eigenvalue weighted by atomic mass is 35.5. The molecule has 1 aromatic rings. The molecule has 1 N–H and O–H groups in total. The smallest absolute Gasteiger partial charge is 0.340 e. The minimum Gasteiger partial charge on any atom is -0.478 e. The summed E-state index contributed by atoms with van der Waals surface area (Å²) in [6.07, 6.45) is 0.851. The maximum absolute atomic E-state index is 11.3. The van der Waals surface area contributed by atoms with E-state index in [9.17, 15) is 9.90 Å². The fourth-order valence-corrected chi connectivity index (χ4v) is 1.97. The third kappa shape index (κ3) is 2.63. The molecule has 0 spiro atoms. The first kappa shape index (κ1) is 14.0. The van der Waals surface area contributed by atoms with Gasteiger partial charge < -0.3 is 5.11 Å². The topological polar surface area (TPSA) is 55.1 Å². The van der Waals surface area contributed by atoms with Gasteiger partial charge in [-0.05, 0) is 13.3 Å². The molecule has 0 bridgehead atoms. The van der Waals surface area contributed by atoms with Gasteiger partial charge in [0.2, 0.25) is 0 Å². The van der Waals surface area contributed by atoms with Crippen LogP contribution in [0.3, 0.4) is 0 Å². The van der Waals surface area contributed by atoms with E-state index in [-0.39, 0.29) is 22.2 Å². The largest absolute Gasteiger partial charge is 0.478 e. The molecule has 0 aromatic carbocycles. The molecule has 17 heavy (non-hydrogen) atoms. The van der Waals surface area contributed by atoms with E-state index in [1.165, 1.54) is 0 Å². The normalized spacial score (nSPS) is 13.8. The molecule has 1 atom stereocenters. The summed E-state index contributed by atoms with van der Waals surface area (Å²) in [4.78, 5) is 11.3. The highest BCUT2D eigenvalue weighted by molar-refractivity contribution is 6.32. The Kier molecular flexibility index (Phi) is 3.87. The Morgan fingerprint density at radius 3 is 2.35 bits per heavy atom. The van der Waals surface area contributed by atoms with Crippen molar-refractivity contribution < 1.29 is 9.90 Å². The van der Waals surface area contributed by atoms with Gasteiger partial charge in [0, 0.05) is 5.41 Å². The molecule has 96 valence electrons. The van der Waals surface area contributed by atoms with Crippen molar-refractivity contribution in [1.82, 2.24) is 9.78 Å². The Morgan fingerprint density at radius 1 is 1.53 bits per heavy atom. The van der Waals surface area contributed by atoms with Crippen LogP contribution in [0.2, 0.25) is 5.15 Å². The molecule has 1 aromatic heterocycles. The third-order valence-corrected chi connectivity index (χ3v) is 3.15. The molecule has 1 rings (SSSR count). The number of halogens is 1. The second-order valence-electron chi connectivity index (χ2n) is 5.27. The van der Waals surface area contributed by atoms with E-state index in [2.05, 4.69) is 5.10 Å². The maximum Gasteiger partial charge on any atom is 0.340 e. The Labute approximate surface area is 107 Å². The molecular formula is C12H19ClN2O2. The molecule has 0 aliphatic carbocycles. The molecule has 5 heteroatoms. The van der Waals surface area contributed by atoms with Crippen LogP contribution in [0.1, 0.15) is 63.1 Å². The average Bonchev–Trinajstić information content (AvgIpc) is 2.54. The summed E-state index contributed by atoms with van der Waals surface area (Å²) in [5.41, 5.74) is 0.325. The fraction of sp³-hybridized carbons (Fsp3) is 0.667. The monoisotopic (exact) mass is 258 g/mol. The Morgan fingerprint density at radius 2 is 2.06 bits per heavy atom. The van der Waals surface area contributed by atoms with Crippen molar-refractivity contribution in [3.63, 3.8) is 0 Å². The van der Waals surface area contributed by atoms with E-state index in [0.717, 1.165) is 6.42 Å². The summed E-state index contributed by atoms with van der Waals surface area (Å²) in [5.74, 6) is -1.02. The lowest BCUT2D eigenvalue weighted by Crippen LogP contribution is -2.17. The summed E-state index contributed by atoms with van der Waals surface area (Å²) in [7, 11) is 0. The first-order chi connectivity index (χ1) is 7.70. The number of carboxylic acid groups (broad SMARTS) is 1. The summed E-state index contributed by atoms with van der Waals surface area (Å²) in [6.45, 7) is 9.77. The van der Waals surface area contributed by atoms with Crippen LogP contribution in [0.4, 0.5) is 0 Å². The maximum atomic E-state index is 11.3. The van der Waals surface area contributed by atoms with Gasteiger partial charge in [0.05, 0.1) is 11.7 Å². The Bertz CT molecular complexity index is 432. The molecule has 1 unspecified atom stereocenters. The SMILES string of the molecule is CCC(C)n1nc(C(C)(C)C)c(C(=O)O)c1Cl. The van der Waals surface area contributed by atoms with Crippen LogP contribution >= 0.6 is 11.6 Å². The second-order valence-corrected chi connectivity index (χ2v) is 5.63. The number of carbonyl (C=O) groups is 1. The van der Waals surface area contributed by atoms with Gasteiger partial charge in [0.25, 0.3) is 0 Å². The van der Waals surface area contributed by atoms with Crippen LogP contribution in [0, 0.1) is 0 Å². The zero-order valence-electron chi connectivity index (χ0n) is 10.9. The van der Waals surface area contributed by atoms with Crippen molar-refractivity contribution in [2.45, 2.75) is 52.5 Å². The number of nitrogens with zero attached hydrogens (tertiary/aromatic N) is 2. The Balaban J connectivity index is 3.46. The first-order valence-electron chi connectivity index (χ1n) is 5.71. The Hall–Kier alpha value is -1.03. The number of hydrogen-bond acceptors (Lipinski definition) is 2. The predicted molar refractivity (Wildman–Crippen MR) is 67.9 cm³/mol. The lowest BCUT2D eigenvalue weighted by atomic mass is 9.89. The minimum absolute atomic E-state index is 0.0942. The summed E-state index contributed by atoms with van der Waals surface area (Å²) in [5, 5.41) is 13.8. The van der Waals surface area contributed by atoms with Gasteiger partial charge >= 0.3 is 5.97 Å². The average molecular weight is 259 g/mol. The van der Waals surface area contributed by atoms with Crippen LogP contribution in [-0.4, -0.2) is 20.9 Å². The van der Waals surface area contributed by atoms with Crippen molar-refractivity contribution in [3.8, 4) is 0 Å². The lowest BCUT2D eigenvalue weighted by Gasteiger charge is -2.16. The quantitative estimate of drug-likeness (QED) is 0.903. The van der Waals surface area contributed by atoms with Gasteiger partial charge in [0.15, 0.2) is 0 Å². The van der Waals surface area contributed by atoms with E-state index < -0.39 is 5.97 Å². The van der Waals surface area contributed by atoms with E-state index in [0.29, 0.717) is 5.69 Å². The molecule has 0 radical (unpaired) electrons. The molecule has 4 nitrogen and oxygen atoms in total. The summed E-state index contributed by atoms with van der Waals surface area (Å²) in [6, 6.07) is 0.0942. The van der Waals surface area contributed by atoms with Gasteiger partial charge in [-0.15, -0.1) is 0 Å². The standard InChI is InChI=1S/C12H19ClN2O2/c1-6-7(2)15-10(13)8(11(16)17)9(14-15)12(3,4)5/h7H,6H2,1-5H3,(H,16,17). The van der Waals surface area contributed by atoms with Gasteiger partial charge in [0.1, 0.15) is 10.7 Å². The van der Waals surface area contributed by atoms with E-state index in [1.54, 1.807) is 4.68 Å². The van der Waals surface area contributed by atoms with Crippen LogP contribution < -0.4 is 0 Å². The molecule has 0 saturated heterocycles. The second kappa shape index (κ2) is 4.69. The van der Waals surface area contributed by atoms with Gasteiger partial charge in [-0.1, -0.05) is 39.3 Å². The number of carboxylic acids is 1. The molecule has 0 saturated carbocycles. The fourth-order valence-electron chi connectivity index (χ4n) is 1.59. The molecule has 0 fully saturated rings. The third-order valence-electron chi connectivity index (χ3n) is 2.78. The van der Waals surface area contributed by atoms with Crippen molar-refractivity contribution in [2.24, 2.45) is 0 Å². The number of aromatic nitrogens is 2. The van der Waals surface area contributed by atoms with Gasteiger partial charge in [-0.3, -0.25) is 4.68 Å². The number of hydrogen-bond donors (Lipinski definition) is 1. The van der Waals surface area contributed by atoms with Crippen LogP contribution in [0.5, 0.6) is 0 Å². The van der Waals surface area contributed by atoms with Crippen LogP contribution in [-0.2, 0) is 5.41 Å². The predicted octanol–water partition coefficient (Wildman–Crippen LogP) is 3.50. The number of rotatable bonds is 3. The molecule has 0 aliphatic rings.